The molecule has 0 aliphatic heterocycles. The number of unbranched alkanes of at least 4 members (excludes halogenated alkanes) is 4. The first-order valence-electron chi connectivity index (χ1n) is 10.7. The smallest absolute Gasteiger partial charge is 0.180 e. The minimum Gasteiger partial charge on any atom is -0.392 e. The lowest BCUT2D eigenvalue weighted by atomic mass is 9.81. The summed E-state index contributed by atoms with van der Waals surface area (Å²) in [6.45, 7) is 5.43. The van der Waals surface area contributed by atoms with Crippen molar-refractivity contribution < 1.29 is 24.9 Å². The maximum atomic E-state index is 12.3. The predicted molar refractivity (Wildman–Crippen MR) is 111 cm³/mol. The number of rotatable bonds is 15. The molecule has 0 amide bonds. The lowest BCUT2D eigenvalue weighted by Crippen LogP contribution is -2.29. The van der Waals surface area contributed by atoms with Crippen molar-refractivity contribution in [3.8, 4) is 0 Å². The molecule has 1 aliphatic carbocycles. The number of hydrogen-bond donors (Lipinski definition) is 3. The van der Waals surface area contributed by atoms with Gasteiger partial charge < -0.3 is 15.3 Å². The zero-order valence-electron chi connectivity index (χ0n) is 17.3. The summed E-state index contributed by atoms with van der Waals surface area (Å²) in [7, 11) is 0. The van der Waals surface area contributed by atoms with Gasteiger partial charge in [0.25, 0.3) is 0 Å². The Morgan fingerprint density at radius 3 is 2.61 bits per heavy atom. The second-order valence-electron chi connectivity index (χ2n) is 8.12. The van der Waals surface area contributed by atoms with Gasteiger partial charge in [0, 0.05) is 12.3 Å². The third kappa shape index (κ3) is 8.38. The molecule has 0 bridgehead atoms. The van der Waals surface area contributed by atoms with E-state index < -0.39 is 18.3 Å². The van der Waals surface area contributed by atoms with Crippen molar-refractivity contribution >= 4 is 11.6 Å². The quantitative estimate of drug-likeness (QED) is 0.224. The average Bonchev–Trinajstić information content (AvgIpc) is 2.95. The predicted octanol–water partition coefficient (Wildman–Crippen LogP) is 3.51. The van der Waals surface area contributed by atoms with Crippen molar-refractivity contribution in [2.24, 2.45) is 11.8 Å². The monoisotopic (exact) mass is 394 g/mol. The molecule has 4 atom stereocenters. The molecule has 160 valence electrons. The average molecular weight is 395 g/mol. The molecule has 1 fully saturated rings. The first-order valence-corrected chi connectivity index (χ1v) is 10.7. The number of hydrogen-bond acceptors (Lipinski definition) is 5. The van der Waals surface area contributed by atoms with Crippen LogP contribution < -0.4 is 0 Å². The third-order valence-corrected chi connectivity index (χ3v) is 5.93. The van der Waals surface area contributed by atoms with Crippen molar-refractivity contribution in [3.05, 3.63) is 24.8 Å². The van der Waals surface area contributed by atoms with Gasteiger partial charge in [-0.05, 0) is 50.5 Å². The molecule has 3 N–H and O–H groups in total. The summed E-state index contributed by atoms with van der Waals surface area (Å²) in [6, 6.07) is 0. The number of aliphatic hydroxyl groups is 3. The van der Waals surface area contributed by atoms with E-state index in [-0.39, 0.29) is 29.8 Å². The maximum Gasteiger partial charge on any atom is 0.180 e. The Morgan fingerprint density at radius 1 is 1.21 bits per heavy atom. The molecule has 1 rings (SSSR count). The summed E-state index contributed by atoms with van der Waals surface area (Å²) in [5.41, 5.74) is -0.922. The van der Waals surface area contributed by atoms with Crippen molar-refractivity contribution in [1.29, 1.82) is 0 Å². The summed E-state index contributed by atoms with van der Waals surface area (Å²) in [4.78, 5) is 23.3. The first-order chi connectivity index (χ1) is 13.4. The van der Waals surface area contributed by atoms with E-state index >= 15 is 0 Å². The second-order valence-corrected chi connectivity index (χ2v) is 8.12. The largest absolute Gasteiger partial charge is 0.392 e. The van der Waals surface area contributed by atoms with Gasteiger partial charge in [-0.1, -0.05) is 44.8 Å². The molecule has 0 aromatic carbocycles. The minimum atomic E-state index is -0.922. The molecule has 0 aromatic rings. The summed E-state index contributed by atoms with van der Waals surface area (Å²) in [6.07, 6.45) is 12.4. The highest BCUT2D eigenvalue weighted by atomic mass is 16.3. The van der Waals surface area contributed by atoms with Gasteiger partial charge in [0.15, 0.2) is 5.78 Å². The number of allylic oxidation sites excluding steroid dienone is 1. The van der Waals surface area contributed by atoms with Gasteiger partial charge in [0.2, 0.25) is 0 Å². The molecule has 1 unspecified atom stereocenters. The fourth-order valence-corrected chi connectivity index (χ4v) is 4.11. The maximum absolute atomic E-state index is 12.3. The van der Waals surface area contributed by atoms with E-state index in [4.69, 9.17) is 5.11 Å². The van der Waals surface area contributed by atoms with Crippen LogP contribution in [0.2, 0.25) is 0 Å². The van der Waals surface area contributed by atoms with E-state index in [1.165, 1.54) is 6.08 Å². The molecule has 5 nitrogen and oxygen atoms in total. The van der Waals surface area contributed by atoms with Crippen LogP contribution in [0.5, 0.6) is 0 Å². The molecule has 0 saturated heterocycles. The Hall–Kier alpha value is -1.30. The fourth-order valence-electron chi connectivity index (χ4n) is 4.11. The van der Waals surface area contributed by atoms with Gasteiger partial charge in [-0.25, -0.2) is 0 Å². The molecule has 1 saturated carbocycles. The van der Waals surface area contributed by atoms with E-state index in [1.54, 1.807) is 12.2 Å². The van der Waals surface area contributed by atoms with Crippen LogP contribution >= 0.6 is 0 Å². The Labute approximate surface area is 169 Å². The van der Waals surface area contributed by atoms with Crippen molar-refractivity contribution in [1.82, 2.24) is 0 Å². The van der Waals surface area contributed by atoms with Crippen LogP contribution in [0.4, 0.5) is 0 Å². The van der Waals surface area contributed by atoms with Crippen LogP contribution in [0, 0.1) is 11.8 Å². The highest BCUT2D eigenvalue weighted by Crippen LogP contribution is 2.38. The van der Waals surface area contributed by atoms with Gasteiger partial charge in [-0.3, -0.25) is 9.59 Å². The van der Waals surface area contributed by atoms with Crippen molar-refractivity contribution in [2.45, 2.75) is 89.3 Å². The van der Waals surface area contributed by atoms with Crippen LogP contribution in [-0.4, -0.2) is 45.2 Å². The van der Waals surface area contributed by atoms with Gasteiger partial charge in [0.1, 0.15) is 12.4 Å². The molecular weight excluding hydrogens is 356 g/mol. The highest BCUT2D eigenvalue weighted by Gasteiger charge is 2.41. The first kappa shape index (κ1) is 24.7. The zero-order chi connectivity index (χ0) is 21.0. The molecule has 0 aromatic heterocycles. The summed E-state index contributed by atoms with van der Waals surface area (Å²) < 4.78 is 0. The van der Waals surface area contributed by atoms with Crippen LogP contribution in [0.25, 0.3) is 0 Å². The number of Topliss-reactive ketones (excluding diaryl/α,β-unsaturated/α-hetero) is 1. The topological polar surface area (TPSA) is 94.8 Å². The SMILES string of the molecule is C=CC(O)(CCCCC)CC[C@H]1[C@H](O)CC(=O)[C@@H]1CCCCC=CC(=O)CO. The lowest BCUT2D eigenvalue weighted by Gasteiger charge is -2.28. The van der Waals surface area contributed by atoms with Gasteiger partial charge >= 0.3 is 0 Å². The molecule has 0 heterocycles. The minimum absolute atomic E-state index is 0.100. The van der Waals surface area contributed by atoms with Crippen LogP contribution in [0.3, 0.4) is 0 Å². The highest BCUT2D eigenvalue weighted by molar-refractivity contribution is 5.90. The van der Waals surface area contributed by atoms with Crippen LogP contribution in [-0.2, 0) is 9.59 Å². The van der Waals surface area contributed by atoms with Crippen molar-refractivity contribution in [2.75, 3.05) is 6.61 Å². The van der Waals surface area contributed by atoms with E-state index in [2.05, 4.69) is 13.5 Å². The van der Waals surface area contributed by atoms with Crippen LogP contribution in [0.15, 0.2) is 24.8 Å². The molecule has 1 aliphatic rings. The van der Waals surface area contributed by atoms with Gasteiger partial charge in [-0.2, -0.15) is 0 Å². The Balaban J connectivity index is 2.49. The Morgan fingerprint density at radius 2 is 1.96 bits per heavy atom. The number of carbonyl (C=O) groups is 2. The standard InChI is InChI=1S/C23H38O5/c1-3-5-10-14-23(28,4-2)15-13-20-19(21(26)16-22(20)27)12-9-7-6-8-11-18(25)17-24/h4,8,11,19-20,22,24,27-28H,2-3,5-7,9-10,12-17H2,1H3/t19-,20-,22-,23?/m1/s1. The molecule has 0 radical (unpaired) electrons. The fraction of sp³-hybridized carbons (Fsp3) is 0.739. The number of carbonyl (C=O) groups excluding carboxylic acids is 2. The third-order valence-electron chi connectivity index (χ3n) is 5.93. The lowest BCUT2D eigenvalue weighted by molar-refractivity contribution is -0.121. The van der Waals surface area contributed by atoms with Crippen LogP contribution in [0.1, 0.15) is 77.6 Å². The van der Waals surface area contributed by atoms with Gasteiger partial charge in [0.05, 0.1) is 11.7 Å². The molecule has 28 heavy (non-hydrogen) atoms. The second kappa shape index (κ2) is 13.0. The van der Waals surface area contributed by atoms with E-state index in [0.717, 1.165) is 44.9 Å². The van der Waals surface area contributed by atoms with Crippen molar-refractivity contribution in [3.63, 3.8) is 0 Å². The van der Waals surface area contributed by atoms with Gasteiger partial charge in [-0.15, -0.1) is 6.58 Å². The summed E-state index contributed by atoms with van der Waals surface area (Å²) in [5, 5.41) is 29.8. The summed E-state index contributed by atoms with van der Waals surface area (Å²) in [5.74, 6) is -0.432. The van der Waals surface area contributed by atoms with E-state index in [0.29, 0.717) is 19.3 Å². The zero-order valence-corrected chi connectivity index (χ0v) is 17.3. The Bertz CT molecular complexity index is 527. The Kier molecular flexibility index (Phi) is 11.5. The molecule has 5 heteroatoms. The number of aliphatic hydroxyl groups excluding tert-OH is 2. The molecule has 0 spiro atoms. The normalized spacial score (nSPS) is 24.6. The van der Waals surface area contributed by atoms with E-state index in [1.807, 2.05) is 0 Å². The molecular formula is C23H38O5. The summed E-state index contributed by atoms with van der Waals surface area (Å²) >= 11 is 0. The van der Waals surface area contributed by atoms with E-state index in [9.17, 15) is 19.8 Å². The number of ketones is 2.